The van der Waals surface area contributed by atoms with Gasteiger partial charge in [-0.15, -0.1) is 0 Å². The predicted molar refractivity (Wildman–Crippen MR) is 121 cm³/mol. The Labute approximate surface area is 180 Å². The molecular formula is C26H43BO2. The lowest BCUT2D eigenvalue weighted by Gasteiger charge is -2.59. The summed E-state index contributed by atoms with van der Waals surface area (Å²) in [5, 5.41) is 20.6. The molecule has 0 aliphatic heterocycles. The third-order valence-corrected chi connectivity index (χ3v) is 10.2. The monoisotopic (exact) mass is 398 g/mol. The van der Waals surface area contributed by atoms with Crippen molar-refractivity contribution in [2.24, 2.45) is 40.4 Å². The normalized spacial score (nSPS) is 48.3. The molecule has 0 aromatic heterocycles. The molecule has 29 heavy (non-hydrogen) atoms. The quantitative estimate of drug-likeness (QED) is 0.477. The van der Waals surface area contributed by atoms with E-state index in [4.69, 9.17) is 7.85 Å². The molecule has 3 heteroatoms. The summed E-state index contributed by atoms with van der Waals surface area (Å²) in [6, 6.07) is 0. The van der Waals surface area contributed by atoms with E-state index < -0.39 is 11.1 Å². The zero-order valence-corrected chi connectivity index (χ0v) is 19.5. The van der Waals surface area contributed by atoms with Crippen molar-refractivity contribution in [3.8, 4) is 0 Å². The minimum absolute atomic E-state index is 0.250. The molecule has 4 aliphatic rings. The summed E-state index contributed by atoms with van der Waals surface area (Å²) in [5.74, 6) is 3.90. The molecule has 0 saturated heterocycles. The summed E-state index contributed by atoms with van der Waals surface area (Å²) < 4.78 is 0. The predicted octanol–water partition coefficient (Wildman–Crippen LogP) is 5.61. The van der Waals surface area contributed by atoms with Crippen LogP contribution in [0.1, 0.15) is 98.8 Å². The molecule has 3 saturated carbocycles. The van der Waals surface area contributed by atoms with E-state index in [1.54, 1.807) is 0 Å². The van der Waals surface area contributed by atoms with Gasteiger partial charge < -0.3 is 10.2 Å². The Morgan fingerprint density at radius 1 is 1.14 bits per heavy atom. The maximum atomic E-state index is 10.4. The first-order valence-corrected chi connectivity index (χ1v) is 12.3. The van der Waals surface area contributed by atoms with Crippen molar-refractivity contribution < 1.29 is 10.2 Å². The van der Waals surface area contributed by atoms with Crippen LogP contribution in [0.5, 0.6) is 0 Å². The van der Waals surface area contributed by atoms with Crippen LogP contribution in [0, 0.1) is 40.4 Å². The van der Waals surface area contributed by atoms with Crippen molar-refractivity contribution in [2.45, 2.75) is 110 Å². The van der Waals surface area contributed by atoms with E-state index in [-0.39, 0.29) is 5.41 Å². The van der Waals surface area contributed by atoms with E-state index in [9.17, 15) is 10.2 Å². The van der Waals surface area contributed by atoms with Gasteiger partial charge in [-0.1, -0.05) is 32.4 Å². The van der Waals surface area contributed by atoms with Crippen LogP contribution in [0.15, 0.2) is 11.6 Å². The third kappa shape index (κ3) is 3.77. The molecule has 2 radical (unpaired) electrons. The van der Waals surface area contributed by atoms with Crippen molar-refractivity contribution >= 4 is 7.85 Å². The molecule has 4 aliphatic carbocycles. The Balaban J connectivity index is 1.53. The summed E-state index contributed by atoms with van der Waals surface area (Å²) in [7, 11) is 6.13. The number of hydrogen-bond donors (Lipinski definition) is 2. The first-order valence-electron chi connectivity index (χ1n) is 12.3. The summed E-state index contributed by atoms with van der Waals surface area (Å²) in [5.41, 5.74) is 0.628. The second-order valence-electron chi connectivity index (χ2n) is 12.6. The average molecular weight is 398 g/mol. The molecule has 0 amide bonds. The molecule has 2 N–H and O–H groups in total. The zero-order chi connectivity index (χ0) is 21.2. The van der Waals surface area contributed by atoms with Gasteiger partial charge in [0.1, 0.15) is 7.85 Å². The number of aliphatic hydroxyl groups is 2. The summed E-state index contributed by atoms with van der Waals surface area (Å²) >= 11 is 0. The van der Waals surface area contributed by atoms with Crippen LogP contribution in [-0.2, 0) is 0 Å². The van der Waals surface area contributed by atoms with Gasteiger partial charge in [0.25, 0.3) is 0 Å². The van der Waals surface area contributed by atoms with Gasteiger partial charge in [-0.25, -0.2) is 0 Å². The van der Waals surface area contributed by atoms with Crippen LogP contribution in [0.25, 0.3) is 0 Å². The number of fused-ring (bicyclic) bond motifs is 5. The Kier molecular flexibility index (Phi) is 5.39. The van der Waals surface area contributed by atoms with Crippen molar-refractivity contribution in [2.75, 3.05) is 0 Å². The maximum absolute atomic E-state index is 10.4. The smallest absolute Gasteiger partial charge is 0.113 e. The minimum atomic E-state index is -0.990. The molecule has 0 unspecified atom stereocenters. The molecule has 0 aromatic rings. The number of rotatable bonds is 4. The van der Waals surface area contributed by atoms with E-state index in [0.29, 0.717) is 17.8 Å². The SMILES string of the molecule is [B][C@]1(O)CC[C@@]2(C)C(=CC[C@H]3[C@@H]4CC[C@H]([C@H](C)CCC(C)(C)O)[C@@]4(C)CC[C@@H]32)C1. The van der Waals surface area contributed by atoms with E-state index in [2.05, 4.69) is 26.8 Å². The minimum Gasteiger partial charge on any atom is -0.399 e. The number of allylic oxidation sites excluding steroid dienone is 1. The van der Waals surface area contributed by atoms with E-state index in [0.717, 1.165) is 49.4 Å². The molecule has 0 heterocycles. The molecular weight excluding hydrogens is 355 g/mol. The molecule has 4 rings (SSSR count). The van der Waals surface area contributed by atoms with Gasteiger partial charge in [0.15, 0.2) is 0 Å². The van der Waals surface area contributed by atoms with Crippen LogP contribution in [0.4, 0.5) is 0 Å². The first-order chi connectivity index (χ1) is 13.4. The fraction of sp³-hybridized carbons (Fsp3) is 0.923. The molecule has 0 bridgehead atoms. The van der Waals surface area contributed by atoms with Gasteiger partial charge >= 0.3 is 0 Å². The molecule has 3 fully saturated rings. The topological polar surface area (TPSA) is 40.5 Å². The van der Waals surface area contributed by atoms with E-state index >= 15 is 0 Å². The van der Waals surface area contributed by atoms with Crippen molar-refractivity contribution in [1.29, 1.82) is 0 Å². The maximum Gasteiger partial charge on any atom is 0.113 e. The van der Waals surface area contributed by atoms with Gasteiger partial charge in [-0.3, -0.25) is 0 Å². The zero-order valence-electron chi connectivity index (χ0n) is 19.5. The summed E-state index contributed by atoms with van der Waals surface area (Å²) in [6.07, 6.45) is 13.6. The average Bonchev–Trinajstić information content (AvgIpc) is 2.97. The Morgan fingerprint density at radius 2 is 1.86 bits per heavy atom. The van der Waals surface area contributed by atoms with Crippen molar-refractivity contribution in [1.82, 2.24) is 0 Å². The lowest BCUT2D eigenvalue weighted by atomic mass is 9.45. The van der Waals surface area contributed by atoms with Crippen LogP contribution in [0.2, 0.25) is 0 Å². The first kappa shape index (κ1) is 21.9. The highest BCUT2D eigenvalue weighted by Gasteiger charge is 2.59. The van der Waals surface area contributed by atoms with Crippen molar-refractivity contribution in [3.63, 3.8) is 0 Å². The third-order valence-electron chi connectivity index (χ3n) is 10.2. The highest BCUT2D eigenvalue weighted by Crippen LogP contribution is 2.67. The Hall–Kier alpha value is -0.275. The second kappa shape index (κ2) is 7.12. The largest absolute Gasteiger partial charge is 0.399 e. The van der Waals surface area contributed by atoms with Crippen LogP contribution in [-0.4, -0.2) is 29.2 Å². The molecule has 0 aromatic carbocycles. The summed E-state index contributed by atoms with van der Waals surface area (Å²) in [4.78, 5) is 0. The van der Waals surface area contributed by atoms with Gasteiger partial charge in [-0.05, 0) is 118 Å². The van der Waals surface area contributed by atoms with Crippen LogP contribution >= 0.6 is 0 Å². The standard InChI is InChI=1S/C26H43BO2/c1-17(10-12-23(2,3)28)20-8-9-21-19-7-6-18-16-26(27,29)15-14-24(18,4)22(19)11-13-25(20,21)5/h6,17,19-22,28-29H,7-16H2,1-5H3/t17-,19+,20-,21+,22+,24+,25-,26+/m1/s1. The summed E-state index contributed by atoms with van der Waals surface area (Å²) in [6.45, 7) is 11.4. The second-order valence-corrected chi connectivity index (χ2v) is 12.6. The highest BCUT2D eigenvalue weighted by molar-refractivity contribution is 6.14. The fourth-order valence-electron chi connectivity index (χ4n) is 8.43. The van der Waals surface area contributed by atoms with Crippen LogP contribution < -0.4 is 0 Å². The molecule has 8 atom stereocenters. The lowest BCUT2D eigenvalue weighted by Crippen LogP contribution is -2.52. The lowest BCUT2D eigenvalue weighted by molar-refractivity contribution is -0.0622. The molecule has 0 spiro atoms. The van der Waals surface area contributed by atoms with Gasteiger partial charge in [0.05, 0.1) is 5.60 Å². The Bertz CT molecular complexity index is 662. The van der Waals surface area contributed by atoms with E-state index in [1.807, 2.05) is 13.8 Å². The van der Waals surface area contributed by atoms with E-state index in [1.165, 1.54) is 37.7 Å². The fourth-order valence-corrected chi connectivity index (χ4v) is 8.43. The number of hydrogen-bond acceptors (Lipinski definition) is 2. The van der Waals surface area contributed by atoms with Gasteiger partial charge in [-0.2, -0.15) is 0 Å². The molecule has 162 valence electrons. The van der Waals surface area contributed by atoms with Gasteiger partial charge in [0, 0.05) is 5.50 Å². The van der Waals surface area contributed by atoms with Gasteiger partial charge in [0.2, 0.25) is 0 Å². The Morgan fingerprint density at radius 3 is 2.55 bits per heavy atom. The van der Waals surface area contributed by atoms with Crippen LogP contribution in [0.3, 0.4) is 0 Å². The highest BCUT2D eigenvalue weighted by atomic mass is 16.3. The van der Waals surface area contributed by atoms with Crippen molar-refractivity contribution in [3.05, 3.63) is 11.6 Å². The molecule has 2 nitrogen and oxygen atoms in total.